The lowest BCUT2D eigenvalue weighted by Crippen LogP contribution is -2.52. The Kier molecular flexibility index (Phi) is 6.27. The fraction of sp³-hybridized carbons (Fsp3) is 1.00. The van der Waals surface area contributed by atoms with E-state index in [2.05, 4.69) is 36.0 Å². The van der Waals surface area contributed by atoms with E-state index in [1.165, 1.54) is 45.6 Å². The molecule has 2 rings (SSSR count). The molecular formula is C16H33N3O. The van der Waals surface area contributed by atoms with Crippen LogP contribution in [0.5, 0.6) is 0 Å². The Morgan fingerprint density at radius 2 is 1.75 bits per heavy atom. The molecular weight excluding hydrogens is 250 g/mol. The monoisotopic (exact) mass is 283 g/mol. The van der Waals surface area contributed by atoms with Crippen molar-refractivity contribution in [3.05, 3.63) is 0 Å². The van der Waals surface area contributed by atoms with Gasteiger partial charge >= 0.3 is 0 Å². The molecule has 4 nitrogen and oxygen atoms in total. The molecule has 2 aliphatic rings. The molecule has 0 radical (unpaired) electrons. The van der Waals surface area contributed by atoms with Gasteiger partial charge in [-0.1, -0.05) is 13.8 Å². The lowest BCUT2D eigenvalue weighted by molar-refractivity contribution is -0.0112. The van der Waals surface area contributed by atoms with Gasteiger partial charge in [-0.05, 0) is 37.8 Å². The summed E-state index contributed by atoms with van der Waals surface area (Å²) in [4.78, 5) is 5.10. The molecule has 0 spiro atoms. The maximum absolute atomic E-state index is 5.60. The van der Waals surface area contributed by atoms with Crippen LogP contribution in [0.3, 0.4) is 0 Å². The van der Waals surface area contributed by atoms with Crippen LogP contribution in [0.2, 0.25) is 0 Å². The van der Waals surface area contributed by atoms with E-state index in [0.717, 1.165) is 32.2 Å². The molecule has 0 atom stereocenters. The minimum Gasteiger partial charge on any atom is -0.381 e. The number of rotatable bonds is 6. The zero-order valence-corrected chi connectivity index (χ0v) is 13.7. The van der Waals surface area contributed by atoms with Gasteiger partial charge in [-0.15, -0.1) is 0 Å². The lowest BCUT2D eigenvalue weighted by atomic mass is 9.79. The molecule has 20 heavy (non-hydrogen) atoms. The van der Waals surface area contributed by atoms with E-state index in [9.17, 15) is 0 Å². The van der Waals surface area contributed by atoms with Gasteiger partial charge in [-0.3, -0.25) is 0 Å². The van der Waals surface area contributed by atoms with E-state index in [-0.39, 0.29) is 0 Å². The molecule has 2 aliphatic heterocycles. The van der Waals surface area contributed by atoms with Crippen LogP contribution < -0.4 is 5.32 Å². The molecule has 2 fully saturated rings. The number of likely N-dealkylation sites (N-methyl/N-ethyl adjacent to an activating group) is 1. The van der Waals surface area contributed by atoms with Gasteiger partial charge in [0.15, 0.2) is 0 Å². The largest absolute Gasteiger partial charge is 0.381 e. The third-order valence-corrected chi connectivity index (χ3v) is 4.76. The normalized spacial score (nSPS) is 25.2. The summed E-state index contributed by atoms with van der Waals surface area (Å²) in [6, 6.07) is 0. The van der Waals surface area contributed by atoms with Crippen molar-refractivity contribution in [2.45, 2.75) is 26.7 Å². The van der Waals surface area contributed by atoms with Gasteiger partial charge in [0.25, 0.3) is 0 Å². The highest BCUT2D eigenvalue weighted by Gasteiger charge is 2.34. The van der Waals surface area contributed by atoms with Crippen LogP contribution in [-0.2, 0) is 4.74 Å². The van der Waals surface area contributed by atoms with E-state index in [4.69, 9.17) is 4.74 Å². The first-order chi connectivity index (χ1) is 9.60. The van der Waals surface area contributed by atoms with Crippen molar-refractivity contribution in [2.75, 3.05) is 66.1 Å². The number of ether oxygens (including phenoxy) is 1. The highest BCUT2D eigenvalue weighted by Crippen LogP contribution is 2.31. The minimum atomic E-state index is 0.434. The molecule has 2 saturated heterocycles. The van der Waals surface area contributed by atoms with Gasteiger partial charge < -0.3 is 19.9 Å². The van der Waals surface area contributed by atoms with E-state index < -0.39 is 0 Å². The number of hydrogen-bond donors (Lipinski definition) is 1. The summed E-state index contributed by atoms with van der Waals surface area (Å²) in [5, 5.41) is 3.70. The van der Waals surface area contributed by atoms with Gasteiger partial charge in [0.05, 0.1) is 0 Å². The van der Waals surface area contributed by atoms with Crippen LogP contribution >= 0.6 is 0 Å². The summed E-state index contributed by atoms with van der Waals surface area (Å²) in [6.45, 7) is 14.9. The summed E-state index contributed by atoms with van der Waals surface area (Å²) in [7, 11) is 2.23. The molecule has 0 aromatic carbocycles. The molecule has 0 bridgehead atoms. The molecule has 1 N–H and O–H groups in total. The van der Waals surface area contributed by atoms with Crippen molar-refractivity contribution < 1.29 is 4.74 Å². The molecule has 0 unspecified atom stereocenters. The number of hydrogen-bond acceptors (Lipinski definition) is 4. The van der Waals surface area contributed by atoms with E-state index in [1.807, 2.05) is 0 Å². The molecule has 0 aliphatic carbocycles. The predicted molar refractivity (Wildman–Crippen MR) is 84.1 cm³/mol. The molecule has 0 saturated carbocycles. The third kappa shape index (κ3) is 4.99. The topological polar surface area (TPSA) is 27.7 Å². The maximum atomic E-state index is 5.60. The smallest absolute Gasteiger partial charge is 0.0472 e. The van der Waals surface area contributed by atoms with Crippen LogP contribution in [0.1, 0.15) is 26.7 Å². The summed E-state index contributed by atoms with van der Waals surface area (Å²) < 4.78 is 5.60. The minimum absolute atomic E-state index is 0.434. The SMILES string of the molecule is CC(C)CNCC1(CN2CCN(C)CC2)CCOCC1. The second-order valence-electron chi connectivity index (χ2n) is 7.22. The van der Waals surface area contributed by atoms with Crippen LogP contribution in [0.15, 0.2) is 0 Å². The van der Waals surface area contributed by atoms with Crippen molar-refractivity contribution >= 4 is 0 Å². The second kappa shape index (κ2) is 7.74. The van der Waals surface area contributed by atoms with Crippen LogP contribution in [-0.4, -0.2) is 75.9 Å². The molecule has 118 valence electrons. The number of nitrogens with one attached hydrogen (secondary N) is 1. The molecule has 0 amide bonds. The third-order valence-electron chi connectivity index (χ3n) is 4.76. The van der Waals surface area contributed by atoms with E-state index >= 15 is 0 Å². The summed E-state index contributed by atoms with van der Waals surface area (Å²) in [5.74, 6) is 0.732. The quantitative estimate of drug-likeness (QED) is 0.795. The highest BCUT2D eigenvalue weighted by atomic mass is 16.5. The zero-order chi connectivity index (χ0) is 14.4. The van der Waals surface area contributed by atoms with Crippen molar-refractivity contribution in [2.24, 2.45) is 11.3 Å². The van der Waals surface area contributed by atoms with E-state index in [1.54, 1.807) is 0 Å². The second-order valence-corrected chi connectivity index (χ2v) is 7.22. The Labute approximate surface area is 124 Å². The summed E-state index contributed by atoms with van der Waals surface area (Å²) in [6.07, 6.45) is 2.43. The molecule has 0 aromatic heterocycles. The molecule has 2 heterocycles. The Hall–Kier alpha value is -0.160. The van der Waals surface area contributed by atoms with Crippen molar-refractivity contribution in [1.82, 2.24) is 15.1 Å². The zero-order valence-electron chi connectivity index (χ0n) is 13.7. The average Bonchev–Trinajstić information content (AvgIpc) is 2.42. The van der Waals surface area contributed by atoms with Gasteiger partial charge in [0, 0.05) is 52.5 Å². The van der Waals surface area contributed by atoms with Crippen molar-refractivity contribution in [3.63, 3.8) is 0 Å². The first-order valence-corrected chi connectivity index (χ1v) is 8.29. The maximum Gasteiger partial charge on any atom is 0.0472 e. The van der Waals surface area contributed by atoms with Gasteiger partial charge in [0.2, 0.25) is 0 Å². The van der Waals surface area contributed by atoms with Gasteiger partial charge in [-0.2, -0.15) is 0 Å². The Morgan fingerprint density at radius 1 is 1.10 bits per heavy atom. The first kappa shape index (κ1) is 16.2. The Balaban J connectivity index is 1.85. The fourth-order valence-electron chi connectivity index (χ4n) is 3.30. The fourth-order valence-corrected chi connectivity index (χ4v) is 3.30. The average molecular weight is 283 g/mol. The Bertz CT molecular complexity index is 269. The predicted octanol–water partition coefficient (Wildman–Crippen LogP) is 1.28. The molecule has 0 aromatic rings. The summed E-state index contributed by atoms with van der Waals surface area (Å²) in [5.41, 5.74) is 0.434. The highest BCUT2D eigenvalue weighted by molar-refractivity contribution is 4.88. The first-order valence-electron chi connectivity index (χ1n) is 8.29. The summed E-state index contributed by atoms with van der Waals surface area (Å²) >= 11 is 0. The van der Waals surface area contributed by atoms with Crippen LogP contribution in [0.4, 0.5) is 0 Å². The number of nitrogens with zero attached hydrogens (tertiary/aromatic N) is 2. The Morgan fingerprint density at radius 3 is 2.35 bits per heavy atom. The molecule has 4 heteroatoms. The van der Waals surface area contributed by atoms with E-state index in [0.29, 0.717) is 5.41 Å². The van der Waals surface area contributed by atoms with Crippen LogP contribution in [0, 0.1) is 11.3 Å². The van der Waals surface area contributed by atoms with Crippen molar-refractivity contribution in [1.29, 1.82) is 0 Å². The number of piperazine rings is 1. The van der Waals surface area contributed by atoms with Gasteiger partial charge in [0.1, 0.15) is 0 Å². The van der Waals surface area contributed by atoms with Crippen molar-refractivity contribution in [3.8, 4) is 0 Å². The lowest BCUT2D eigenvalue weighted by Gasteiger charge is -2.43. The standard InChI is InChI=1S/C16H33N3O/c1-15(2)12-17-13-16(4-10-20-11-5-16)14-19-8-6-18(3)7-9-19/h15,17H,4-14H2,1-3H3. The van der Waals surface area contributed by atoms with Crippen LogP contribution in [0.25, 0.3) is 0 Å². The van der Waals surface area contributed by atoms with Gasteiger partial charge in [-0.25, -0.2) is 0 Å².